The molecular formula is C11H7ClF2N2O. The molecule has 0 bridgehead atoms. The Morgan fingerprint density at radius 3 is 2.59 bits per heavy atom. The van der Waals surface area contributed by atoms with Crippen molar-refractivity contribution in [1.29, 1.82) is 0 Å². The quantitative estimate of drug-likeness (QED) is 0.775. The molecule has 3 nitrogen and oxygen atoms in total. The zero-order valence-electron chi connectivity index (χ0n) is 8.75. The lowest BCUT2D eigenvalue weighted by atomic mass is 10.1. The molecule has 6 heteroatoms. The Hall–Kier alpha value is -1.75. The Balaban J connectivity index is 2.60. The second-order valence-corrected chi connectivity index (χ2v) is 3.58. The molecule has 0 N–H and O–H groups in total. The highest BCUT2D eigenvalue weighted by Gasteiger charge is 2.14. The van der Waals surface area contributed by atoms with E-state index >= 15 is 0 Å². The molecule has 0 aliphatic heterocycles. The fraction of sp³-hybridized carbons (Fsp3) is 0.0909. The van der Waals surface area contributed by atoms with Crippen LogP contribution in [0.4, 0.5) is 8.78 Å². The first-order chi connectivity index (χ1) is 8.11. The summed E-state index contributed by atoms with van der Waals surface area (Å²) in [6, 6.07) is 2.18. The number of methoxy groups -OCH3 is 1. The third kappa shape index (κ3) is 2.34. The van der Waals surface area contributed by atoms with E-state index in [0.29, 0.717) is 0 Å². The molecule has 2 aromatic rings. The second-order valence-electron chi connectivity index (χ2n) is 3.19. The smallest absolute Gasteiger partial charge is 0.148 e. The normalized spacial score (nSPS) is 10.4. The molecule has 2 aromatic heterocycles. The van der Waals surface area contributed by atoms with Crippen LogP contribution in [-0.4, -0.2) is 17.1 Å². The summed E-state index contributed by atoms with van der Waals surface area (Å²) in [5.41, 5.74) is 0.279. The minimum atomic E-state index is -0.595. The highest BCUT2D eigenvalue weighted by Crippen LogP contribution is 2.30. The molecule has 0 spiro atoms. The number of rotatable bonds is 2. The zero-order chi connectivity index (χ0) is 12.4. The van der Waals surface area contributed by atoms with Crippen molar-refractivity contribution in [2.24, 2.45) is 0 Å². The first kappa shape index (κ1) is 11.7. The van der Waals surface area contributed by atoms with Gasteiger partial charge in [0.15, 0.2) is 0 Å². The topological polar surface area (TPSA) is 35.0 Å². The average Bonchev–Trinajstić information content (AvgIpc) is 2.30. The van der Waals surface area contributed by atoms with Crippen LogP contribution < -0.4 is 4.74 Å². The van der Waals surface area contributed by atoms with Crippen molar-refractivity contribution in [2.45, 2.75) is 0 Å². The van der Waals surface area contributed by atoms with Crippen molar-refractivity contribution in [3.05, 3.63) is 41.3 Å². The summed E-state index contributed by atoms with van der Waals surface area (Å²) < 4.78 is 31.5. The number of halogens is 3. The summed E-state index contributed by atoms with van der Waals surface area (Å²) in [5, 5.41) is 0.0346. The van der Waals surface area contributed by atoms with E-state index in [0.717, 1.165) is 18.3 Å². The fourth-order valence-electron chi connectivity index (χ4n) is 1.36. The van der Waals surface area contributed by atoms with E-state index in [-0.39, 0.29) is 22.2 Å². The largest absolute Gasteiger partial charge is 0.494 e. The first-order valence-electron chi connectivity index (χ1n) is 4.62. The Kier molecular flexibility index (Phi) is 3.19. The third-order valence-electron chi connectivity index (χ3n) is 2.11. The molecule has 0 saturated carbocycles. The van der Waals surface area contributed by atoms with Crippen LogP contribution in [0.25, 0.3) is 11.3 Å². The molecule has 0 aliphatic rings. The van der Waals surface area contributed by atoms with Gasteiger partial charge in [-0.25, -0.2) is 18.7 Å². The van der Waals surface area contributed by atoms with Gasteiger partial charge in [0.2, 0.25) is 0 Å². The molecule has 0 amide bonds. The van der Waals surface area contributed by atoms with Gasteiger partial charge >= 0.3 is 0 Å². The van der Waals surface area contributed by atoms with Crippen molar-refractivity contribution < 1.29 is 13.5 Å². The van der Waals surface area contributed by atoms with E-state index in [1.165, 1.54) is 13.3 Å². The summed E-state index contributed by atoms with van der Waals surface area (Å²) in [6.07, 6.45) is 2.20. The number of hydrogen-bond donors (Lipinski definition) is 0. The van der Waals surface area contributed by atoms with E-state index in [1.807, 2.05) is 0 Å². The summed E-state index contributed by atoms with van der Waals surface area (Å²) >= 11 is 5.54. The van der Waals surface area contributed by atoms with E-state index in [2.05, 4.69) is 9.97 Å². The van der Waals surface area contributed by atoms with Crippen molar-refractivity contribution in [3.8, 4) is 17.0 Å². The van der Waals surface area contributed by atoms with E-state index in [1.54, 1.807) is 0 Å². The molecule has 17 heavy (non-hydrogen) atoms. The van der Waals surface area contributed by atoms with Crippen LogP contribution in [0.5, 0.6) is 5.75 Å². The third-order valence-corrected chi connectivity index (χ3v) is 2.32. The maximum atomic E-state index is 13.6. The molecule has 0 unspecified atom stereocenters. The maximum Gasteiger partial charge on any atom is 0.148 e. The van der Waals surface area contributed by atoms with Crippen molar-refractivity contribution in [2.75, 3.05) is 7.11 Å². The van der Waals surface area contributed by atoms with Crippen molar-refractivity contribution in [1.82, 2.24) is 9.97 Å². The van der Waals surface area contributed by atoms with Gasteiger partial charge in [0, 0.05) is 18.3 Å². The van der Waals surface area contributed by atoms with Crippen LogP contribution >= 0.6 is 11.6 Å². The highest BCUT2D eigenvalue weighted by atomic mass is 35.5. The molecule has 88 valence electrons. The predicted octanol–water partition coefficient (Wildman–Crippen LogP) is 3.08. The Morgan fingerprint density at radius 1 is 1.18 bits per heavy atom. The van der Waals surface area contributed by atoms with Crippen LogP contribution in [0.1, 0.15) is 0 Å². The van der Waals surface area contributed by atoms with Gasteiger partial charge in [-0.15, -0.1) is 0 Å². The molecule has 2 heterocycles. The van der Waals surface area contributed by atoms with E-state index in [4.69, 9.17) is 16.3 Å². The molecule has 0 radical (unpaired) electrons. The van der Waals surface area contributed by atoms with Gasteiger partial charge in [-0.1, -0.05) is 11.6 Å². The molecule has 0 aromatic carbocycles. The van der Waals surface area contributed by atoms with Crippen LogP contribution in [0.3, 0.4) is 0 Å². The zero-order valence-corrected chi connectivity index (χ0v) is 9.50. The summed E-state index contributed by atoms with van der Waals surface area (Å²) in [7, 11) is 1.35. The van der Waals surface area contributed by atoms with Crippen LogP contribution in [-0.2, 0) is 0 Å². The molecule has 0 atom stereocenters. The number of aromatic nitrogens is 2. The molecule has 0 saturated heterocycles. The van der Waals surface area contributed by atoms with Gasteiger partial charge in [-0.3, -0.25) is 0 Å². The summed E-state index contributed by atoms with van der Waals surface area (Å²) in [4.78, 5) is 7.54. The highest BCUT2D eigenvalue weighted by molar-refractivity contribution is 6.29. The maximum absolute atomic E-state index is 13.6. The fourth-order valence-corrected chi connectivity index (χ4v) is 1.50. The van der Waals surface area contributed by atoms with Gasteiger partial charge in [0.1, 0.15) is 28.2 Å². The average molecular weight is 257 g/mol. The van der Waals surface area contributed by atoms with Crippen LogP contribution in [0, 0.1) is 11.6 Å². The van der Waals surface area contributed by atoms with Crippen molar-refractivity contribution >= 4 is 11.6 Å². The Morgan fingerprint density at radius 2 is 1.94 bits per heavy atom. The van der Waals surface area contributed by atoms with Gasteiger partial charge in [0.25, 0.3) is 0 Å². The standard InChI is InChI=1S/C11H7ClF2N2O/c1-17-9-2-6(13)4-16-11(9)7-5-15-10(12)3-8(7)14/h2-5H,1H3. The van der Waals surface area contributed by atoms with Gasteiger partial charge in [0.05, 0.1) is 18.9 Å². The van der Waals surface area contributed by atoms with Crippen molar-refractivity contribution in [3.63, 3.8) is 0 Å². The predicted molar refractivity (Wildman–Crippen MR) is 58.9 cm³/mol. The van der Waals surface area contributed by atoms with Gasteiger partial charge in [-0.05, 0) is 0 Å². The van der Waals surface area contributed by atoms with Gasteiger partial charge < -0.3 is 4.74 Å². The molecule has 0 fully saturated rings. The lowest BCUT2D eigenvalue weighted by Gasteiger charge is -2.08. The monoisotopic (exact) mass is 256 g/mol. The molecule has 0 aliphatic carbocycles. The summed E-state index contributed by atoms with van der Waals surface area (Å²) in [6.45, 7) is 0. The van der Waals surface area contributed by atoms with Crippen LogP contribution in [0.15, 0.2) is 24.5 Å². The Bertz CT molecular complexity index is 563. The number of nitrogens with zero attached hydrogens (tertiary/aromatic N) is 2. The minimum Gasteiger partial charge on any atom is -0.494 e. The second kappa shape index (κ2) is 4.63. The van der Waals surface area contributed by atoms with Gasteiger partial charge in [-0.2, -0.15) is 0 Å². The SMILES string of the molecule is COc1cc(F)cnc1-c1cnc(Cl)cc1F. The lowest BCUT2D eigenvalue weighted by Crippen LogP contribution is -1.95. The van der Waals surface area contributed by atoms with Crippen LogP contribution in [0.2, 0.25) is 5.15 Å². The number of ether oxygens (including phenoxy) is 1. The summed E-state index contributed by atoms with van der Waals surface area (Å²) in [5.74, 6) is -1.02. The minimum absolute atomic E-state index is 0.0346. The van der Waals surface area contributed by atoms with E-state index < -0.39 is 11.6 Å². The molecular weight excluding hydrogens is 250 g/mol. The van der Waals surface area contributed by atoms with E-state index in [9.17, 15) is 8.78 Å². The molecule has 2 rings (SSSR count). The Labute approximate surface area is 101 Å². The number of hydrogen-bond acceptors (Lipinski definition) is 3. The first-order valence-corrected chi connectivity index (χ1v) is 5.00. The number of pyridine rings is 2. The lowest BCUT2D eigenvalue weighted by molar-refractivity contribution is 0.410.